The molecule has 0 radical (unpaired) electrons. The molecule has 1 unspecified atom stereocenters. The van der Waals surface area contributed by atoms with Gasteiger partial charge in [-0.15, -0.1) is 0 Å². The molecule has 37 heavy (non-hydrogen) atoms. The van der Waals surface area contributed by atoms with Crippen molar-refractivity contribution in [2.45, 2.75) is 19.6 Å². The molecule has 2 N–H and O–H groups in total. The van der Waals surface area contributed by atoms with Crippen molar-refractivity contribution in [1.82, 2.24) is 14.8 Å². The highest BCUT2D eigenvalue weighted by Gasteiger charge is 2.33. The van der Waals surface area contributed by atoms with Crippen LogP contribution in [-0.2, 0) is 11.4 Å². The van der Waals surface area contributed by atoms with Crippen LogP contribution in [0.2, 0.25) is 0 Å². The summed E-state index contributed by atoms with van der Waals surface area (Å²) in [4.78, 5) is 18.0. The van der Waals surface area contributed by atoms with Crippen LogP contribution in [0.4, 0.5) is 11.6 Å². The molecular formula is C28H27N5O4. The molecule has 1 aromatic heterocycles. The molecule has 0 saturated heterocycles. The zero-order chi connectivity index (χ0) is 25.8. The summed E-state index contributed by atoms with van der Waals surface area (Å²) in [7, 11) is 3.12. The number of anilines is 2. The second-order valence-electron chi connectivity index (χ2n) is 8.46. The molecule has 188 valence electrons. The number of carbonyl (C=O) groups is 1. The topological polar surface area (TPSA) is 99.5 Å². The third-order valence-electron chi connectivity index (χ3n) is 6.14. The number of rotatable bonds is 8. The van der Waals surface area contributed by atoms with E-state index < -0.39 is 6.04 Å². The summed E-state index contributed by atoms with van der Waals surface area (Å²) in [5.41, 5.74) is 3.67. The third-order valence-corrected chi connectivity index (χ3v) is 6.14. The molecule has 4 aromatic rings. The maximum atomic E-state index is 13.7. The molecule has 9 nitrogen and oxygen atoms in total. The second kappa shape index (κ2) is 10.4. The normalized spacial score (nSPS) is 14.4. The van der Waals surface area contributed by atoms with Crippen molar-refractivity contribution in [3.63, 3.8) is 0 Å². The van der Waals surface area contributed by atoms with E-state index in [2.05, 4.69) is 20.7 Å². The van der Waals surface area contributed by atoms with Crippen molar-refractivity contribution >= 4 is 17.5 Å². The number of fused-ring (bicyclic) bond motifs is 1. The molecular weight excluding hydrogens is 470 g/mol. The molecule has 1 amide bonds. The standard InChI is InChI=1S/C28H27N5O4/c1-18-25(27(34)32-23-14-13-22(35-2)15-24(23)36-3)26(33-28(31-18)29-17-30-33)20-9-11-21(12-10-20)37-16-19-7-5-4-6-8-19/h4-15,17,26H,16H2,1-3H3,(H,32,34)(H,29,30,31). The first-order chi connectivity index (χ1) is 18.1. The lowest BCUT2D eigenvalue weighted by Gasteiger charge is -2.29. The fourth-order valence-corrected chi connectivity index (χ4v) is 4.27. The summed E-state index contributed by atoms with van der Waals surface area (Å²) in [5.74, 6) is 2.13. The molecule has 0 aliphatic carbocycles. The van der Waals surface area contributed by atoms with Gasteiger partial charge in [0.05, 0.1) is 25.5 Å². The van der Waals surface area contributed by atoms with E-state index in [0.717, 1.165) is 16.9 Å². The smallest absolute Gasteiger partial charge is 0.255 e. The van der Waals surface area contributed by atoms with Gasteiger partial charge in [0.1, 0.15) is 36.2 Å². The van der Waals surface area contributed by atoms with E-state index >= 15 is 0 Å². The van der Waals surface area contributed by atoms with E-state index in [4.69, 9.17) is 14.2 Å². The highest BCUT2D eigenvalue weighted by Crippen LogP contribution is 2.37. The van der Waals surface area contributed by atoms with Crippen LogP contribution in [0.5, 0.6) is 17.2 Å². The average molecular weight is 498 g/mol. The van der Waals surface area contributed by atoms with E-state index in [0.29, 0.717) is 41.0 Å². The van der Waals surface area contributed by atoms with Crippen LogP contribution in [0.25, 0.3) is 0 Å². The highest BCUT2D eigenvalue weighted by molar-refractivity contribution is 6.06. The number of hydrogen-bond acceptors (Lipinski definition) is 7. The molecule has 0 fully saturated rings. The number of carbonyl (C=O) groups excluding carboxylic acids is 1. The number of amides is 1. The third kappa shape index (κ3) is 4.97. The minimum Gasteiger partial charge on any atom is -0.497 e. The van der Waals surface area contributed by atoms with Gasteiger partial charge in [0.25, 0.3) is 5.91 Å². The first kappa shape index (κ1) is 23.9. The van der Waals surface area contributed by atoms with Gasteiger partial charge in [-0.3, -0.25) is 4.79 Å². The minimum atomic E-state index is -0.494. The molecule has 1 aliphatic rings. The lowest BCUT2D eigenvalue weighted by Crippen LogP contribution is -2.31. The molecule has 1 aliphatic heterocycles. The second-order valence-corrected chi connectivity index (χ2v) is 8.46. The van der Waals surface area contributed by atoms with Crippen molar-refractivity contribution in [2.75, 3.05) is 24.9 Å². The van der Waals surface area contributed by atoms with E-state index in [1.807, 2.05) is 61.5 Å². The molecule has 1 atom stereocenters. The first-order valence-corrected chi connectivity index (χ1v) is 11.7. The number of aromatic nitrogens is 3. The molecule has 0 saturated carbocycles. The minimum absolute atomic E-state index is 0.288. The lowest BCUT2D eigenvalue weighted by molar-refractivity contribution is -0.113. The first-order valence-electron chi connectivity index (χ1n) is 11.7. The monoisotopic (exact) mass is 497 g/mol. The predicted octanol–water partition coefficient (Wildman–Crippen LogP) is 4.80. The number of allylic oxidation sites excluding steroid dienone is 1. The van der Waals surface area contributed by atoms with Crippen LogP contribution in [0.1, 0.15) is 24.1 Å². The molecule has 5 rings (SSSR count). The van der Waals surface area contributed by atoms with Crippen molar-refractivity contribution in [1.29, 1.82) is 0 Å². The van der Waals surface area contributed by atoms with Gasteiger partial charge in [0.2, 0.25) is 5.95 Å². The van der Waals surface area contributed by atoms with E-state index in [-0.39, 0.29) is 5.91 Å². The van der Waals surface area contributed by atoms with Gasteiger partial charge in [-0.25, -0.2) is 4.68 Å². The van der Waals surface area contributed by atoms with Crippen molar-refractivity contribution in [2.24, 2.45) is 0 Å². The van der Waals surface area contributed by atoms with Crippen LogP contribution in [0, 0.1) is 0 Å². The molecule has 0 spiro atoms. The summed E-state index contributed by atoms with van der Waals surface area (Å²) in [5, 5.41) is 10.6. The van der Waals surface area contributed by atoms with Gasteiger partial charge in [0.15, 0.2) is 0 Å². The lowest BCUT2D eigenvalue weighted by atomic mass is 9.95. The van der Waals surface area contributed by atoms with Gasteiger partial charge in [0, 0.05) is 11.8 Å². The summed E-state index contributed by atoms with van der Waals surface area (Å²) >= 11 is 0. The summed E-state index contributed by atoms with van der Waals surface area (Å²) < 4.78 is 18.4. The molecule has 2 heterocycles. The van der Waals surface area contributed by atoms with Gasteiger partial charge in [-0.1, -0.05) is 42.5 Å². The largest absolute Gasteiger partial charge is 0.497 e. The van der Waals surface area contributed by atoms with Crippen LogP contribution in [0.15, 0.2) is 90.4 Å². The Labute approximate surface area is 214 Å². The summed E-state index contributed by atoms with van der Waals surface area (Å²) in [6, 6.07) is 22.4. The zero-order valence-corrected chi connectivity index (χ0v) is 20.8. The maximum absolute atomic E-state index is 13.7. The molecule has 3 aromatic carbocycles. The molecule has 9 heteroatoms. The van der Waals surface area contributed by atoms with Gasteiger partial charge in [-0.05, 0) is 42.3 Å². The predicted molar refractivity (Wildman–Crippen MR) is 140 cm³/mol. The number of hydrogen-bond donors (Lipinski definition) is 2. The Balaban J connectivity index is 1.42. The van der Waals surface area contributed by atoms with E-state index in [9.17, 15) is 4.79 Å². The van der Waals surface area contributed by atoms with Crippen LogP contribution < -0.4 is 24.8 Å². The Morgan fingerprint density at radius 1 is 1.00 bits per heavy atom. The summed E-state index contributed by atoms with van der Waals surface area (Å²) in [6.45, 7) is 2.32. The van der Waals surface area contributed by atoms with Crippen LogP contribution in [-0.4, -0.2) is 34.9 Å². The number of methoxy groups -OCH3 is 2. The Morgan fingerprint density at radius 2 is 1.76 bits per heavy atom. The Morgan fingerprint density at radius 3 is 2.49 bits per heavy atom. The zero-order valence-electron chi connectivity index (χ0n) is 20.8. The fraction of sp³-hybridized carbons (Fsp3) is 0.179. The van der Waals surface area contributed by atoms with E-state index in [1.54, 1.807) is 37.1 Å². The fourth-order valence-electron chi connectivity index (χ4n) is 4.27. The van der Waals surface area contributed by atoms with E-state index in [1.165, 1.54) is 6.33 Å². The number of benzene rings is 3. The number of nitrogens with one attached hydrogen (secondary N) is 2. The van der Waals surface area contributed by atoms with Crippen LogP contribution in [0.3, 0.4) is 0 Å². The summed E-state index contributed by atoms with van der Waals surface area (Å²) in [6.07, 6.45) is 1.47. The van der Waals surface area contributed by atoms with Gasteiger partial charge < -0.3 is 24.8 Å². The highest BCUT2D eigenvalue weighted by atomic mass is 16.5. The maximum Gasteiger partial charge on any atom is 0.255 e. The Bertz CT molecular complexity index is 1430. The van der Waals surface area contributed by atoms with Crippen LogP contribution >= 0.6 is 0 Å². The Hall–Kier alpha value is -4.79. The van der Waals surface area contributed by atoms with Crippen molar-refractivity contribution < 1.29 is 19.0 Å². The number of ether oxygens (including phenoxy) is 3. The number of nitrogens with zero attached hydrogens (tertiary/aromatic N) is 3. The SMILES string of the molecule is COc1ccc(NC(=O)C2=C(C)Nc3ncnn3C2c2ccc(OCc3ccccc3)cc2)c(OC)c1. The van der Waals surface area contributed by atoms with Crippen molar-refractivity contribution in [3.05, 3.63) is 102 Å². The van der Waals surface area contributed by atoms with Gasteiger partial charge in [-0.2, -0.15) is 10.1 Å². The Kier molecular flexibility index (Phi) is 6.76. The quantitative estimate of drug-likeness (QED) is 0.361. The average Bonchev–Trinajstić information content (AvgIpc) is 3.40. The van der Waals surface area contributed by atoms with Crippen molar-refractivity contribution in [3.8, 4) is 17.2 Å². The van der Waals surface area contributed by atoms with Gasteiger partial charge >= 0.3 is 0 Å². The molecule has 0 bridgehead atoms.